The Morgan fingerprint density at radius 1 is 1.29 bits per heavy atom. The van der Waals surface area contributed by atoms with Gasteiger partial charge in [0.1, 0.15) is 5.58 Å². The molecule has 0 spiro atoms. The SMILES string of the molecule is COCC1(CNC(=O)c2oc3ccccc3c2COC(C)C)CCNCC1.Cl. The Kier molecular flexibility index (Phi) is 8.31. The molecular formula is C21H31ClN2O4. The van der Waals surface area contributed by atoms with Crippen molar-refractivity contribution in [1.29, 1.82) is 0 Å². The van der Waals surface area contributed by atoms with Gasteiger partial charge in [0.2, 0.25) is 0 Å². The molecule has 1 fully saturated rings. The van der Waals surface area contributed by atoms with Crippen LogP contribution in [0.25, 0.3) is 11.0 Å². The Bertz CT molecular complexity index is 763. The highest BCUT2D eigenvalue weighted by Crippen LogP contribution is 2.30. The number of carbonyl (C=O) groups excluding carboxylic acids is 1. The molecule has 0 saturated carbocycles. The van der Waals surface area contributed by atoms with Crippen molar-refractivity contribution in [3.8, 4) is 0 Å². The van der Waals surface area contributed by atoms with Gasteiger partial charge in [0.25, 0.3) is 5.91 Å². The number of nitrogens with one attached hydrogen (secondary N) is 2. The van der Waals surface area contributed by atoms with E-state index in [1.54, 1.807) is 7.11 Å². The molecule has 2 heterocycles. The Labute approximate surface area is 172 Å². The van der Waals surface area contributed by atoms with Crippen molar-refractivity contribution in [2.24, 2.45) is 5.41 Å². The summed E-state index contributed by atoms with van der Waals surface area (Å²) in [6.07, 6.45) is 2.03. The molecule has 6 nitrogen and oxygen atoms in total. The van der Waals surface area contributed by atoms with Crippen LogP contribution in [-0.2, 0) is 16.1 Å². The molecule has 1 aromatic heterocycles. The van der Waals surface area contributed by atoms with E-state index in [2.05, 4.69) is 10.6 Å². The first-order valence-electron chi connectivity index (χ1n) is 9.64. The molecule has 1 saturated heterocycles. The summed E-state index contributed by atoms with van der Waals surface area (Å²) in [7, 11) is 1.71. The molecular weight excluding hydrogens is 380 g/mol. The zero-order chi connectivity index (χ0) is 19.3. The zero-order valence-corrected chi connectivity index (χ0v) is 17.7. The summed E-state index contributed by atoms with van der Waals surface area (Å²) in [4.78, 5) is 13.0. The summed E-state index contributed by atoms with van der Waals surface area (Å²) in [6.45, 7) is 7.40. The maximum Gasteiger partial charge on any atom is 0.287 e. The number of amides is 1. The van der Waals surface area contributed by atoms with Crippen LogP contribution in [0.1, 0.15) is 42.8 Å². The maximum absolute atomic E-state index is 13.0. The molecule has 0 aliphatic carbocycles. The summed E-state index contributed by atoms with van der Waals surface area (Å²) in [6, 6.07) is 7.70. The lowest BCUT2D eigenvalue weighted by molar-refractivity contribution is 0.0500. The van der Waals surface area contributed by atoms with Gasteiger partial charge in [-0.25, -0.2) is 0 Å². The van der Waals surface area contributed by atoms with E-state index in [4.69, 9.17) is 13.9 Å². The lowest BCUT2D eigenvalue weighted by Crippen LogP contribution is -2.47. The number of fused-ring (bicyclic) bond motifs is 1. The lowest BCUT2D eigenvalue weighted by Gasteiger charge is -2.37. The average molecular weight is 411 g/mol. The zero-order valence-electron chi connectivity index (χ0n) is 16.9. The molecule has 156 valence electrons. The fourth-order valence-corrected chi connectivity index (χ4v) is 3.66. The van der Waals surface area contributed by atoms with Gasteiger partial charge in [-0.05, 0) is 45.8 Å². The number of para-hydroxylation sites is 1. The second-order valence-electron chi connectivity index (χ2n) is 7.63. The predicted molar refractivity (Wildman–Crippen MR) is 112 cm³/mol. The molecule has 1 aliphatic rings. The quantitative estimate of drug-likeness (QED) is 0.696. The van der Waals surface area contributed by atoms with Crippen molar-refractivity contribution in [3.63, 3.8) is 0 Å². The summed E-state index contributed by atoms with van der Waals surface area (Å²) in [5, 5.41) is 7.38. The van der Waals surface area contributed by atoms with Crippen molar-refractivity contribution in [2.75, 3.05) is 33.4 Å². The van der Waals surface area contributed by atoms with Gasteiger partial charge in [0.15, 0.2) is 5.76 Å². The third-order valence-electron chi connectivity index (χ3n) is 5.20. The predicted octanol–water partition coefficient (Wildman–Crippen LogP) is 3.53. The van der Waals surface area contributed by atoms with E-state index in [-0.39, 0.29) is 29.8 Å². The number of hydrogen-bond acceptors (Lipinski definition) is 5. The van der Waals surface area contributed by atoms with Crippen LogP contribution in [0.15, 0.2) is 28.7 Å². The smallest absolute Gasteiger partial charge is 0.287 e. The number of ether oxygens (including phenoxy) is 2. The largest absolute Gasteiger partial charge is 0.451 e. The van der Waals surface area contributed by atoms with Crippen molar-refractivity contribution in [2.45, 2.75) is 39.4 Å². The first-order valence-corrected chi connectivity index (χ1v) is 9.64. The van der Waals surface area contributed by atoms with Crippen LogP contribution in [0.3, 0.4) is 0 Å². The van der Waals surface area contributed by atoms with Crippen LogP contribution >= 0.6 is 12.4 Å². The molecule has 0 bridgehead atoms. The number of carbonyl (C=O) groups is 1. The van der Waals surface area contributed by atoms with Gasteiger partial charge in [-0.15, -0.1) is 12.4 Å². The minimum Gasteiger partial charge on any atom is -0.451 e. The maximum atomic E-state index is 13.0. The number of rotatable bonds is 8. The minimum atomic E-state index is -0.192. The first kappa shape index (κ1) is 22.7. The molecule has 7 heteroatoms. The van der Waals surface area contributed by atoms with E-state index >= 15 is 0 Å². The fourth-order valence-electron chi connectivity index (χ4n) is 3.66. The van der Waals surface area contributed by atoms with Gasteiger partial charge in [-0.1, -0.05) is 18.2 Å². The Morgan fingerprint density at radius 2 is 2.00 bits per heavy atom. The number of furan rings is 1. The van der Waals surface area contributed by atoms with Crippen LogP contribution in [0.2, 0.25) is 0 Å². The van der Waals surface area contributed by atoms with Crippen molar-refractivity contribution in [3.05, 3.63) is 35.6 Å². The first-order chi connectivity index (χ1) is 13.0. The Hall–Kier alpha value is -1.60. The molecule has 1 aromatic carbocycles. The van der Waals surface area contributed by atoms with E-state index in [1.807, 2.05) is 38.1 Å². The second-order valence-corrected chi connectivity index (χ2v) is 7.63. The van der Waals surface area contributed by atoms with Crippen molar-refractivity contribution < 1.29 is 18.7 Å². The Morgan fingerprint density at radius 3 is 2.68 bits per heavy atom. The highest BCUT2D eigenvalue weighted by atomic mass is 35.5. The molecule has 1 aliphatic heterocycles. The second kappa shape index (κ2) is 10.3. The van der Waals surface area contributed by atoms with E-state index in [0.717, 1.165) is 36.9 Å². The molecule has 2 N–H and O–H groups in total. The number of piperidine rings is 1. The Balaban J connectivity index is 0.00000280. The molecule has 28 heavy (non-hydrogen) atoms. The summed E-state index contributed by atoms with van der Waals surface area (Å²) >= 11 is 0. The number of methoxy groups -OCH3 is 1. The van der Waals surface area contributed by atoms with E-state index in [1.165, 1.54) is 0 Å². The number of halogens is 1. The summed E-state index contributed by atoms with van der Waals surface area (Å²) in [5.41, 5.74) is 1.48. The van der Waals surface area contributed by atoms with Crippen LogP contribution in [0, 0.1) is 5.41 Å². The average Bonchev–Trinajstić information content (AvgIpc) is 3.04. The van der Waals surface area contributed by atoms with E-state index in [0.29, 0.717) is 31.1 Å². The molecule has 1 amide bonds. The van der Waals surface area contributed by atoms with Crippen LogP contribution < -0.4 is 10.6 Å². The molecule has 0 atom stereocenters. The normalized spacial score (nSPS) is 16.1. The third kappa shape index (κ3) is 5.26. The van der Waals surface area contributed by atoms with Gasteiger partial charge in [0, 0.05) is 30.0 Å². The topological polar surface area (TPSA) is 72.7 Å². The third-order valence-corrected chi connectivity index (χ3v) is 5.20. The van der Waals surface area contributed by atoms with Crippen LogP contribution in [-0.4, -0.2) is 45.4 Å². The monoisotopic (exact) mass is 410 g/mol. The molecule has 0 unspecified atom stereocenters. The number of hydrogen-bond donors (Lipinski definition) is 2. The molecule has 2 aromatic rings. The van der Waals surface area contributed by atoms with E-state index < -0.39 is 0 Å². The van der Waals surface area contributed by atoms with Gasteiger partial charge >= 0.3 is 0 Å². The van der Waals surface area contributed by atoms with Gasteiger partial charge in [-0.3, -0.25) is 4.79 Å². The van der Waals surface area contributed by atoms with E-state index in [9.17, 15) is 4.79 Å². The summed E-state index contributed by atoms with van der Waals surface area (Å²) < 4.78 is 17.1. The highest BCUT2D eigenvalue weighted by molar-refractivity contribution is 5.99. The van der Waals surface area contributed by atoms with Crippen molar-refractivity contribution in [1.82, 2.24) is 10.6 Å². The van der Waals surface area contributed by atoms with Crippen LogP contribution in [0.4, 0.5) is 0 Å². The summed E-state index contributed by atoms with van der Waals surface area (Å²) in [5.74, 6) is 0.154. The number of benzene rings is 1. The van der Waals surface area contributed by atoms with Gasteiger partial charge in [0.05, 0.1) is 19.3 Å². The fraction of sp³-hybridized carbons (Fsp3) is 0.571. The highest BCUT2D eigenvalue weighted by Gasteiger charge is 2.33. The standard InChI is InChI=1S/C21H30N2O4.ClH/c1-15(2)26-12-17-16-6-4-5-7-18(16)27-19(17)20(24)23-13-21(14-25-3)8-10-22-11-9-21;/h4-7,15,22H,8-14H2,1-3H3,(H,23,24);1H. The lowest BCUT2D eigenvalue weighted by atomic mass is 9.79. The minimum absolute atomic E-state index is 0. The van der Waals surface area contributed by atoms with Gasteiger partial charge in [-0.2, -0.15) is 0 Å². The molecule has 3 rings (SSSR count). The molecule has 0 radical (unpaired) electrons. The van der Waals surface area contributed by atoms with Crippen molar-refractivity contribution >= 4 is 29.3 Å². The van der Waals surface area contributed by atoms with Crippen LogP contribution in [0.5, 0.6) is 0 Å². The van der Waals surface area contributed by atoms with Gasteiger partial charge < -0.3 is 24.5 Å².